The molecule has 0 aliphatic rings. The first-order chi connectivity index (χ1) is 11.7. The molecular weight excluding hydrogens is 322 g/mol. The topological polar surface area (TPSA) is 64.1 Å². The molecule has 0 radical (unpaired) electrons. The largest absolute Gasteiger partial charge is 0.493 e. The number of amides is 1. The third-order valence-corrected chi connectivity index (χ3v) is 4.44. The highest BCUT2D eigenvalue weighted by Crippen LogP contribution is 2.17. The van der Waals surface area contributed by atoms with Crippen molar-refractivity contribution in [2.45, 2.75) is 52.4 Å². The van der Waals surface area contributed by atoms with Crippen molar-refractivity contribution in [3.8, 4) is 5.75 Å². The summed E-state index contributed by atoms with van der Waals surface area (Å²) < 4.78 is 5.71. The average molecular weight is 347 g/mol. The van der Waals surface area contributed by atoms with Gasteiger partial charge in [-0.25, -0.2) is 0 Å². The number of nitrogens with one attached hydrogen (secondary N) is 1. The standard InChI is InChI=1S/C18H25N3O2S/c1-3-4-5-6-10-16(22)19-18-21-20-17(24-18)11-12-23-15-9-7-8-14(2)13-15/h7-9,13H,3-6,10-12H2,1-2H3,(H,19,21,22). The number of ether oxygens (including phenoxy) is 1. The van der Waals surface area contributed by atoms with Gasteiger partial charge in [-0.2, -0.15) is 0 Å². The Morgan fingerprint density at radius 3 is 2.92 bits per heavy atom. The van der Waals surface area contributed by atoms with Gasteiger partial charge in [0, 0.05) is 12.8 Å². The van der Waals surface area contributed by atoms with Crippen LogP contribution in [0.5, 0.6) is 5.75 Å². The van der Waals surface area contributed by atoms with Gasteiger partial charge in [0.1, 0.15) is 10.8 Å². The molecule has 1 aromatic heterocycles. The maximum Gasteiger partial charge on any atom is 0.226 e. The zero-order chi connectivity index (χ0) is 17.2. The lowest BCUT2D eigenvalue weighted by Crippen LogP contribution is -2.10. The van der Waals surface area contributed by atoms with E-state index in [1.807, 2.05) is 31.2 Å². The first kappa shape index (κ1) is 18.4. The van der Waals surface area contributed by atoms with Crippen molar-refractivity contribution in [2.75, 3.05) is 11.9 Å². The number of carbonyl (C=O) groups excluding carboxylic acids is 1. The molecule has 6 heteroatoms. The Labute approximate surface area is 147 Å². The van der Waals surface area contributed by atoms with Crippen LogP contribution in [-0.2, 0) is 11.2 Å². The van der Waals surface area contributed by atoms with Crippen LogP contribution in [0.4, 0.5) is 5.13 Å². The minimum atomic E-state index is 0.0183. The van der Waals surface area contributed by atoms with Crippen molar-refractivity contribution in [3.63, 3.8) is 0 Å². The fourth-order valence-electron chi connectivity index (χ4n) is 2.26. The van der Waals surface area contributed by atoms with Crippen LogP contribution in [0, 0.1) is 6.92 Å². The van der Waals surface area contributed by atoms with E-state index >= 15 is 0 Å². The summed E-state index contributed by atoms with van der Waals surface area (Å²) in [7, 11) is 0. The highest BCUT2D eigenvalue weighted by molar-refractivity contribution is 7.15. The summed E-state index contributed by atoms with van der Waals surface area (Å²) >= 11 is 1.41. The predicted molar refractivity (Wildman–Crippen MR) is 97.7 cm³/mol. The molecule has 24 heavy (non-hydrogen) atoms. The highest BCUT2D eigenvalue weighted by atomic mass is 32.1. The molecule has 0 saturated carbocycles. The summed E-state index contributed by atoms with van der Waals surface area (Å²) in [5, 5.41) is 12.4. The molecule has 130 valence electrons. The summed E-state index contributed by atoms with van der Waals surface area (Å²) in [5.74, 6) is 0.880. The second-order valence-electron chi connectivity index (χ2n) is 5.77. The lowest BCUT2D eigenvalue weighted by Gasteiger charge is -2.04. The van der Waals surface area contributed by atoms with Gasteiger partial charge in [-0.05, 0) is 31.0 Å². The summed E-state index contributed by atoms with van der Waals surface area (Å²) in [4.78, 5) is 11.8. The van der Waals surface area contributed by atoms with E-state index < -0.39 is 0 Å². The number of unbranched alkanes of at least 4 members (excludes halogenated alkanes) is 3. The molecule has 0 unspecified atom stereocenters. The Morgan fingerprint density at radius 1 is 1.25 bits per heavy atom. The second kappa shape index (κ2) is 10.0. The van der Waals surface area contributed by atoms with Crippen molar-refractivity contribution in [3.05, 3.63) is 34.8 Å². The van der Waals surface area contributed by atoms with Gasteiger partial charge in [-0.15, -0.1) is 10.2 Å². The molecule has 0 aliphatic heterocycles. The van der Waals surface area contributed by atoms with E-state index in [-0.39, 0.29) is 5.91 Å². The first-order valence-electron chi connectivity index (χ1n) is 8.49. The quantitative estimate of drug-likeness (QED) is 0.648. The molecule has 1 aromatic carbocycles. The fourth-order valence-corrected chi connectivity index (χ4v) is 3.00. The average Bonchev–Trinajstić information content (AvgIpc) is 2.99. The molecule has 5 nitrogen and oxygen atoms in total. The maximum absolute atomic E-state index is 11.8. The van der Waals surface area contributed by atoms with E-state index in [2.05, 4.69) is 22.4 Å². The molecule has 1 heterocycles. The Hall–Kier alpha value is -1.95. The Morgan fingerprint density at radius 2 is 2.12 bits per heavy atom. The van der Waals surface area contributed by atoms with Crippen molar-refractivity contribution in [2.24, 2.45) is 0 Å². The molecule has 1 N–H and O–H groups in total. The minimum Gasteiger partial charge on any atom is -0.493 e. The third kappa shape index (κ3) is 6.66. The van der Waals surface area contributed by atoms with Crippen LogP contribution < -0.4 is 10.1 Å². The lowest BCUT2D eigenvalue weighted by molar-refractivity contribution is -0.116. The molecule has 0 aliphatic carbocycles. The third-order valence-electron chi connectivity index (χ3n) is 3.54. The summed E-state index contributed by atoms with van der Waals surface area (Å²) in [6.07, 6.45) is 5.60. The van der Waals surface area contributed by atoms with E-state index in [0.717, 1.165) is 23.6 Å². The van der Waals surface area contributed by atoms with E-state index in [4.69, 9.17) is 4.74 Å². The maximum atomic E-state index is 11.8. The van der Waals surface area contributed by atoms with Gasteiger partial charge in [0.25, 0.3) is 0 Å². The van der Waals surface area contributed by atoms with E-state index in [1.165, 1.54) is 29.7 Å². The SMILES string of the molecule is CCCCCCC(=O)Nc1nnc(CCOc2cccc(C)c2)s1. The number of carbonyl (C=O) groups is 1. The van der Waals surface area contributed by atoms with E-state index in [1.54, 1.807) is 0 Å². The molecule has 0 saturated heterocycles. The molecule has 2 rings (SSSR count). The molecule has 0 fully saturated rings. The highest BCUT2D eigenvalue weighted by Gasteiger charge is 2.08. The number of benzene rings is 1. The number of hydrogen-bond donors (Lipinski definition) is 1. The lowest BCUT2D eigenvalue weighted by atomic mass is 10.1. The normalized spacial score (nSPS) is 10.6. The number of nitrogens with zero attached hydrogens (tertiary/aromatic N) is 2. The van der Waals surface area contributed by atoms with Crippen LogP contribution in [0.25, 0.3) is 0 Å². The Balaban J connectivity index is 1.69. The first-order valence-corrected chi connectivity index (χ1v) is 9.30. The number of aromatic nitrogens is 2. The number of rotatable bonds is 10. The van der Waals surface area contributed by atoms with Gasteiger partial charge in [-0.3, -0.25) is 4.79 Å². The van der Waals surface area contributed by atoms with Crippen LogP contribution in [-0.4, -0.2) is 22.7 Å². The molecule has 2 aromatic rings. The van der Waals surface area contributed by atoms with Gasteiger partial charge < -0.3 is 10.1 Å². The van der Waals surface area contributed by atoms with Gasteiger partial charge in [0.15, 0.2) is 0 Å². The van der Waals surface area contributed by atoms with Crippen molar-refractivity contribution >= 4 is 22.4 Å². The summed E-state index contributed by atoms with van der Waals surface area (Å²) in [6, 6.07) is 7.96. The van der Waals surface area contributed by atoms with Crippen LogP contribution in [0.2, 0.25) is 0 Å². The van der Waals surface area contributed by atoms with Crippen molar-refractivity contribution in [1.82, 2.24) is 10.2 Å². The van der Waals surface area contributed by atoms with Crippen LogP contribution in [0.1, 0.15) is 49.6 Å². The molecule has 0 atom stereocenters. The Bertz CT molecular complexity index is 643. The fraction of sp³-hybridized carbons (Fsp3) is 0.500. The van der Waals surface area contributed by atoms with Crippen LogP contribution >= 0.6 is 11.3 Å². The monoisotopic (exact) mass is 347 g/mol. The van der Waals surface area contributed by atoms with E-state index in [9.17, 15) is 4.79 Å². The zero-order valence-corrected chi connectivity index (χ0v) is 15.2. The molecular formula is C18H25N3O2S. The Kier molecular flexibility index (Phi) is 7.68. The summed E-state index contributed by atoms with van der Waals surface area (Å²) in [6.45, 7) is 4.74. The van der Waals surface area contributed by atoms with Gasteiger partial charge in [0.05, 0.1) is 6.61 Å². The van der Waals surface area contributed by atoms with Crippen molar-refractivity contribution < 1.29 is 9.53 Å². The number of aryl methyl sites for hydroxylation is 1. The smallest absolute Gasteiger partial charge is 0.226 e. The zero-order valence-electron chi connectivity index (χ0n) is 14.4. The predicted octanol–water partition coefficient (Wildman–Crippen LogP) is 4.38. The second-order valence-corrected chi connectivity index (χ2v) is 6.84. The molecule has 0 spiro atoms. The van der Waals surface area contributed by atoms with Crippen LogP contribution in [0.15, 0.2) is 24.3 Å². The van der Waals surface area contributed by atoms with E-state index in [0.29, 0.717) is 24.6 Å². The van der Waals surface area contributed by atoms with Gasteiger partial charge in [0.2, 0.25) is 11.0 Å². The van der Waals surface area contributed by atoms with Crippen molar-refractivity contribution in [1.29, 1.82) is 0 Å². The summed E-state index contributed by atoms with van der Waals surface area (Å²) in [5.41, 5.74) is 1.17. The van der Waals surface area contributed by atoms with Crippen LogP contribution in [0.3, 0.4) is 0 Å². The number of hydrogen-bond acceptors (Lipinski definition) is 5. The molecule has 0 bridgehead atoms. The van der Waals surface area contributed by atoms with Gasteiger partial charge >= 0.3 is 0 Å². The number of anilines is 1. The minimum absolute atomic E-state index is 0.0183. The molecule has 1 amide bonds. The van der Waals surface area contributed by atoms with Gasteiger partial charge in [-0.1, -0.05) is 49.7 Å².